The van der Waals surface area contributed by atoms with E-state index in [1.165, 1.54) is 0 Å². The summed E-state index contributed by atoms with van der Waals surface area (Å²) in [6.07, 6.45) is 3.02. The van der Waals surface area contributed by atoms with Gasteiger partial charge in [-0.3, -0.25) is 4.79 Å². The Labute approximate surface area is 135 Å². The zero-order valence-electron chi connectivity index (χ0n) is 13.5. The molecule has 1 heterocycles. The van der Waals surface area contributed by atoms with Crippen LogP contribution in [0.1, 0.15) is 48.7 Å². The molecule has 0 saturated heterocycles. The minimum absolute atomic E-state index is 0.266. The fourth-order valence-electron chi connectivity index (χ4n) is 3.29. The second-order valence-electron chi connectivity index (χ2n) is 6.02. The van der Waals surface area contributed by atoms with Gasteiger partial charge in [0.1, 0.15) is 11.1 Å². The number of aryl methyl sites for hydroxylation is 1. The van der Waals surface area contributed by atoms with E-state index < -0.39 is 5.54 Å². The summed E-state index contributed by atoms with van der Waals surface area (Å²) in [6.45, 7) is 3.93. The van der Waals surface area contributed by atoms with Crippen LogP contribution >= 0.6 is 0 Å². The van der Waals surface area contributed by atoms with Crippen LogP contribution in [-0.2, 0) is 9.53 Å². The molecule has 1 aromatic carbocycles. The van der Waals surface area contributed by atoms with E-state index in [9.17, 15) is 9.59 Å². The molecule has 1 aromatic heterocycles. The highest BCUT2D eigenvalue weighted by atomic mass is 16.5. The number of nitrogens with one attached hydrogen (secondary N) is 1. The molecule has 2 aromatic rings. The average molecular weight is 315 g/mol. The molecule has 1 aliphatic carbocycles. The number of carbonyl (C=O) groups is 2. The summed E-state index contributed by atoms with van der Waals surface area (Å²) >= 11 is 0. The fourth-order valence-corrected chi connectivity index (χ4v) is 3.29. The SMILES string of the molecule is CCOC(=O)C1(NC(=O)c2oc3ccccc3c2C)CCCC1. The number of benzene rings is 1. The number of esters is 1. The maximum Gasteiger partial charge on any atom is 0.331 e. The molecule has 0 bridgehead atoms. The normalized spacial score (nSPS) is 16.4. The number of hydrogen-bond acceptors (Lipinski definition) is 4. The number of furan rings is 1. The number of para-hydroxylation sites is 1. The maximum absolute atomic E-state index is 12.7. The molecule has 0 spiro atoms. The van der Waals surface area contributed by atoms with Crippen LogP contribution in [0.15, 0.2) is 28.7 Å². The Hall–Kier alpha value is -2.30. The first-order valence-corrected chi connectivity index (χ1v) is 8.05. The van der Waals surface area contributed by atoms with Crippen molar-refractivity contribution >= 4 is 22.8 Å². The van der Waals surface area contributed by atoms with Gasteiger partial charge in [0.15, 0.2) is 5.76 Å². The minimum atomic E-state index is -0.918. The van der Waals surface area contributed by atoms with Gasteiger partial charge in [-0.05, 0) is 32.8 Å². The van der Waals surface area contributed by atoms with Crippen LogP contribution in [0.2, 0.25) is 0 Å². The van der Waals surface area contributed by atoms with Crippen LogP contribution < -0.4 is 5.32 Å². The molecular formula is C18H21NO4. The number of hydrogen-bond donors (Lipinski definition) is 1. The summed E-state index contributed by atoms with van der Waals surface area (Å²) in [4.78, 5) is 25.0. The van der Waals surface area contributed by atoms with Crippen molar-refractivity contribution in [2.45, 2.75) is 45.1 Å². The van der Waals surface area contributed by atoms with Gasteiger partial charge in [0.05, 0.1) is 6.61 Å². The molecule has 1 aliphatic rings. The third kappa shape index (κ3) is 2.71. The van der Waals surface area contributed by atoms with E-state index in [-0.39, 0.29) is 17.6 Å². The summed E-state index contributed by atoms with van der Waals surface area (Å²) in [7, 11) is 0. The van der Waals surface area contributed by atoms with Gasteiger partial charge in [0, 0.05) is 10.9 Å². The monoisotopic (exact) mass is 315 g/mol. The maximum atomic E-state index is 12.7. The molecule has 0 radical (unpaired) electrons. The first-order valence-electron chi connectivity index (χ1n) is 8.05. The van der Waals surface area contributed by atoms with Crippen molar-refractivity contribution in [3.8, 4) is 0 Å². The van der Waals surface area contributed by atoms with Gasteiger partial charge in [0.25, 0.3) is 5.91 Å². The molecule has 5 heteroatoms. The van der Waals surface area contributed by atoms with Crippen molar-refractivity contribution in [1.82, 2.24) is 5.32 Å². The summed E-state index contributed by atoms with van der Waals surface area (Å²) < 4.78 is 10.9. The molecule has 0 aliphatic heterocycles. The number of fused-ring (bicyclic) bond motifs is 1. The molecule has 0 atom stereocenters. The van der Waals surface area contributed by atoms with Gasteiger partial charge in [-0.1, -0.05) is 31.0 Å². The molecule has 0 unspecified atom stereocenters. The first kappa shape index (κ1) is 15.6. The predicted octanol–water partition coefficient (Wildman–Crippen LogP) is 3.35. The van der Waals surface area contributed by atoms with Crippen molar-refractivity contribution in [2.24, 2.45) is 0 Å². The Morgan fingerprint density at radius 2 is 1.96 bits per heavy atom. The molecule has 1 N–H and O–H groups in total. The quantitative estimate of drug-likeness (QED) is 0.879. The van der Waals surface area contributed by atoms with Crippen LogP contribution in [0.25, 0.3) is 11.0 Å². The molecular weight excluding hydrogens is 294 g/mol. The highest BCUT2D eigenvalue weighted by Gasteiger charge is 2.44. The molecule has 23 heavy (non-hydrogen) atoms. The third-order valence-electron chi connectivity index (χ3n) is 4.53. The summed E-state index contributed by atoms with van der Waals surface area (Å²) in [5.41, 5.74) is 0.542. The lowest BCUT2D eigenvalue weighted by atomic mass is 9.97. The van der Waals surface area contributed by atoms with Gasteiger partial charge in [-0.15, -0.1) is 0 Å². The van der Waals surface area contributed by atoms with E-state index in [4.69, 9.17) is 9.15 Å². The van der Waals surface area contributed by atoms with Crippen LogP contribution in [0.4, 0.5) is 0 Å². The van der Waals surface area contributed by atoms with Gasteiger partial charge >= 0.3 is 5.97 Å². The van der Waals surface area contributed by atoms with E-state index in [1.54, 1.807) is 6.92 Å². The van der Waals surface area contributed by atoms with E-state index in [1.807, 2.05) is 31.2 Å². The second-order valence-corrected chi connectivity index (χ2v) is 6.02. The van der Waals surface area contributed by atoms with E-state index in [0.717, 1.165) is 23.8 Å². The van der Waals surface area contributed by atoms with Crippen molar-refractivity contribution in [3.05, 3.63) is 35.6 Å². The molecule has 122 valence electrons. The lowest BCUT2D eigenvalue weighted by molar-refractivity contribution is -0.150. The lowest BCUT2D eigenvalue weighted by Gasteiger charge is -2.27. The van der Waals surface area contributed by atoms with Crippen molar-refractivity contribution in [3.63, 3.8) is 0 Å². The van der Waals surface area contributed by atoms with E-state index in [2.05, 4.69) is 5.32 Å². The first-order chi connectivity index (χ1) is 11.1. The standard InChI is InChI=1S/C18H21NO4/c1-3-22-17(21)18(10-6-7-11-18)19-16(20)15-12(2)13-8-4-5-9-14(13)23-15/h4-5,8-9H,3,6-7,10-11H2,1-2H3,(H,19,20). The summed E-state index contributed by atoms with van der Waals surface area (Å²) in [5.74, 6) is -0.435. The second kappa shape index (κ2) is 6.07. The highest BCUT2D eigenvalue weighted by molar-refractivity contribution is 6.01. The van der Waals surface area contributed by atoms with Gasteiger partial charge in [-0.2, -0.15) is 0 Å². The van der Waals surface area contributed by atoms with Crippen LogP contribution in [0.5, 0.6) is 0 Å². The van der Waals surface area contributed by atoms with Crippen molar-refractivity contribution in [2.75, 3.05) is 6.61 Å². The van der Waals surface area contributed by atoms with Gasteiger partial charge in [-0.25, -0.2) is 4.79 Å². The zero-order chi connectivity index (χ0) is 16.4. The topological polar surface area (TPSA) is 68.5 Å². The fraction of sp³-hybridized carbons (Fsp3) is 0.444. The summed E-state index contributed by atoms with van der Waals surface area (Å²) in [5, 5.41) is 3.80. The number of rotatable bonds is 4. The smallest absolute Gasteiger partial charge is 0.331 e. The van der Waals surface area contributed by atoms with Crippen molar-refractivity contribution < 1.29 is 18.7 Å². The third-order valence-corrected chi connectivity index (χ3v) is 4.53. The summed E-state index contributed by atoms with van der Waals surface area (Å²) in [6, 6.07) is 7.52. The number of ether oxygens (including phenoxy) is 1. The number of carbonyl (C=O) groups excluding carboxylic acids is 2. The van der Waals surface area contributed by atoms with Gasteiger partial charge < -0.3 is 14.5 Å². The lowest BCUT2D eigenvalue weighted by Crippen LogP contribution is -2.53. The minimum Gasteiger partial charge on any atom is -0.464 e. The Bertz CT molecular complexity index is 741. The van der Waals surface area contributed by atoms with Crippen LogP contribution in [0, 0.1) is 6.92 Å². The predicted molar refractivity (Wildman–Crippen MR) is 86.2 cm³/mol. The van der Waals surface area contributed by atoms with Crippen molar-refractivity contribution in [1.29, 1.82) is 0 Å². The Morgan fingerprint density at radius 3 is 2.61 bits per heavy atom. The molecule has 3 rings (SSSR count). The zero-order valence-corrected chi connectivity index (χ0v) is 13.5. The Balaban J connectivity index is 1.89. The Morgan fingerprint density at radius 1 is 1.26 bits per heavy atom. The largest absolute Gasteiger partial charge is 0.464 e. The number of amides is 1. The van der Waals surface area contributed by atoms with E-state index >= 15 is 0 Å². The molecule has 1 fully saturated rings. The van der Waals surface area contributed by atoms with E-state index in [0.29, 0.717) is 25.0 Å². The molecule has 1 amide bonds. The average Bonchev–Trinajstić information content (AvgIpc) is 3.14. The molecule has 1 saturated carbocycles. The van der Waals surface area contributed by atoms with Crippen LogP contribution in [0.3, 0.4) is 0 Å². The highest BCUT2D eigenvalue weighted by Crippen LogP contribution is 2.32. The Kier molecular flexibility index (Phi) is 4.11. The van der Waals surface area contributed by atoms with Gasteiger partial charge in [0.2, 0.25) is 0 Å². The molecule has 5 nitrogen and oxygen atoms in total. The van der Waals surface area contributed by atoms with Crippen LogP contribution in [-0.4, -0.2) is 24.0 Å².